The molecule has 0 aliphatic carbocycles. The number of rotatable bonds is 6. The minimum atomic E-state index is -1.82. The lowest BCUT2D eigenvalue weighted by Crippen LogP contribution is -2.33. The highest BCUT2D eigenvalue weighted by Gasteiger charge is 2.15. The van der Waals surface area contributed by atoms with E-state index >= 15 is 0 Å². The van der Waals surface area contributed by atoms with Gasteiger partial charge in [0.2, 0.25) is 0 Å². The Morgan fingerprint density at radius 2 is 1.57 bits per heavy atom. The molecular formula is C22H35NO5. The van der Waals surface area contributed by atoms with Crippen LogP contribution in [0.4, 0.5) is 0 Å². The normalized spacial score (nSPS) is 15.4. The first kappa shape index (κ1) is 24.0. The maximum absolute atomic E-state index is 9.10. The van der Waals surface area contributed by atoms with Crippen molar-refractivity contribution in [1.29, 1.82) is 0 Å². The third-order valence-corrected chi connectivity index (χ3v) is 4.92. The fourth-order valence-electron chi connectivity index (χ4n) is 2.96. The highest BCUT2D eigenvalue weighted by molar-refractivity contribution is 6.27. The van der Waals surface area contributed by atoms with Crippen LogP contribution in [0.2, 0.25) is 0 Å². The van der Waals surface area contributed by atoms with Gasteiger partial charge in [0, 0.05) is 0 Å². The SMILES string of the molecule is CC1CCN(CCCCOc2ccc(C(C)(C)C)cc2)CC1.O=C(O)C(=O)O. The van der Waals surface area contributed by atoms with Crippen molar-refractivity contribution in [3.63, 3.8) is 0 Å². The van der Waals surface area contributed by atoms with Crippen LogP contribution in [-0.4, -0.2) is 53.3 Å². The van der Waals surface area contributed by atoms with Gasteiger partial charge in [0.1, 0.15) is 5.75 Å². The van der Waals surface area contributed by atoms with Crippen LogP contribution in [0.1, 0.15) is 58.9 Å². The Hall–Kier alpha value is -2.08. The number of hydrogen-bond acceptors (Lipinski definition) is 4. The monoisotopic (exact) mass is 393 g/mol. The Labute approximate surface area is 168 Å². The van der Waals surface area contributed by atoms with E-state index in [1.165, 1.54) is 44.5 Å². The molecule has 0 unspecified atom stereocenters. The number of carbonyl (C=O) groups is 2. The van der Waals surface area contributed by atoms with E-state index < -0.39 is 11.9 Å². The van der Waals surface area contributed by atoms with Crippen molar-refractivity contribution in [3.8, 4) is 5.75 Å². The van der Waals surface area contributed by atoms with E-state index in [2.05, 4.69) is 56.9 Å². The quantitative estimate of drug-likeness (QED) is 0.560. The third kappa shape index (κ3) is 9.74. The van der Waals surface area contributed by atoms with Gasteiger partial charge < -0.3 is 19.8 Å². The molecule has 6 nitrogen and oxygen atoms in total. The van der Waals surface area contributed by atoms with Gasteiger partial charge in [0.25, 0.3) is 0 Å². The number of likely N-dealkylation sites (tertiary alicyclic amines) is 1. The first-order valence-corrected chi connectivity index (χ1v) is 10.0. The predicted octanol–water partition coefficient (Wildman–Crippen LogP) is 4.03. The number of aliphatic carboxylic acids is 2. The molecule has 1 heterocycles. The zero-order valence-electron chi connectivity index (χ0n) is 17.6. The summed E-state index contributed by atoms with van der Waals surface area (Å²) in [6.07, 6.45) is 5.13. The minimum Gasteiger partial charge on any atom is -0.494 e. The van der Waals surface area contributed by atoms with Gasteiger partial charge in [0.15, 0.2) is 0 Å². The lowest BCUT2D eigenvalue weighted by atomic mass is 9.87. The highest BCUT2D eigenvalue weighted by atomic mass is 16.5. The number of unbranched alkanes of at least 4 members (excludes halogenated alkanes) is 1. The molecule has 0 bridgehead atoms. The van der Waals surface area contributed by atoms with Gasteiger partial charge in [-0.2, -0.15) is 0 Å². The standard InChI is InChI=1S/C20H33NO.C2H2O4/c1-17-11-14-21(15-12-17)13-5-6-16-22-19-9-7-18(8-10-19)20(2,3)4;3-1(4)2(5)6/h7-10,17H,5-6,11-16H2,1-4H3;(H,3,4)(H,5,6). The Kier molecular flexibility index (Phi) is 10.0. The van der Waals surface area contributed by atoms with Crippen LogP contribution in [-0.2, 0) is 15.0 Å². The number of nitrogens with zero attached hydrogens (tertiary/aromatic N) is 1. The van der Waals surface area contributed by atoms with Crippen LogP contribution in [0.3, 0.4) is 0 Å². The molecule has 158 valence electrons. The van der Waals surface area contributed by atoms with Gasteiger partial charge >= 0.3 is 11.9 Å². The fourth-order valence-corrected chi connectivity index (χ4v) is 2.96. The average molecular weight is 394 g/mol. The Morgan fingerprint density at radius 3 is 2.04 bits per heavy atom. The van der Waals surface area contributed by atoms with Gasteiger partial charge in [-0.15, -0.1) is 0 Å². The molecule has 1 saturated heterocycles. The van der Waals surface area contributed by atoms with Gasteiger partial charge in [0.05, 0.1) is 6.61 Å². The summed E-state index contributed by atoms with van der Waals surface area (Å²) < 4.78 is 5.86. The van der Waals surface area contributed by atoms with E-state index in [0.29, 0.717) is 0 Å². The molecule has 0 atom stereocenters. The van der Waals surface area contributed by atoms with Crippen LogP contribution >= 0.6 is 0 Å². The highest BCUT2D eigenvalue weighted by Crippen LogP contribution is 2.24. The smallest absolute Gasteiger partial charge is 0.414 e. The molecule has 0 aromatic heterocycles. The molecule has 1 aliphatic heterocycles. The first-order chi connectivity index (χ1) is 13.1. The van der Waals surface area contributed by atoms with Crippen LogP contribution in [0, 0.1) is 5.92 Å². The summed E-state index contributed by atoms with van der Waals surface area (Å²) in [5.74, 6) is -1.72. The summed E-state index contributed by atoms with van der Waals surface area (Å²) in [6, 6.07) is 8.58. The van der Waals surface area contributed by atoms with Crippen LogP contribution in [0.25, 0.3) is 0 Å². The van der Waals surface area contributed by atoms with Crippen molar-refractivity contribution in [2.75, 3.05) is 26.2 Å². The number of ether oxygens (including phenoxy) is 1. The molecule has 1 aliphatic rings. The molecule has 2 rings (SSSR count). The van der Waals surface area contributed by atoms with E-state index in [4.69, 9.17) is 24.5 Å². The average Bonchev–Trinajstić information content (AvgIpc) is 2.63. The van der Waals surface area contributed by atoms with Crippen LogP contribution in [0.5, 0.6) is 5.75 Å². The van der Waals surface area contributed by atoms with E-state index in [1.807, 2.05) is 0 Å². The Balaban J connectivity index is 0.000000568. The molecule has 1 aromatic rings. The lowest BCUT2D eigenvalue weighted by Gasteiger charge is -2.30. The molecule has 6 heteroatoms. The van der Waals surface area contributed by atoms with Crippen LogP contribution < -0.4 is 4.74 Å². The molecule has 2 N–H and O–H groups in total. The molecule has 1 aromatic carbocycles. The van der Waals surface area contributed by atoms with Crippen molar-refractivity contribution < 1.29 is 24.5 Å². The molecule has 28 heavy (non-hydrogen) atoms. The second kappa shape index (κ2) is 11.7. The zero-order valence-corrected chi connectivity index (χ0v) is 17.6. The van der Waals surface area contributed by atoms with E-state index in [-0.39, 0.29) is 5.41 Å². The summed E-state index contributed by atoms with van der Waals surface area (Å²) >= 11 is 0. The second-order valence-electron chi connectivity index (χ2n) is 8.46. The maximum Gasteiger partial charge on any atom is 0.414 e. The van der Waals surface area contributed by atoms with Crippen molar-refractivity contribution in [3.05, 3.63) is 29.8 Å². The third-order valence-electron chi connectivity index (χ3n) is 4.92. The van der Waals surface area contributed by atoms with Gasteiger partial charge in [-0.3, -0.25) is 0 Å². The molecule has 0 radical (unpaired) electrons. The molecular weight excluding hydrogens is 358 g/mol. The summed E-state index contributed by atoms with van der Waals surface area (Å²) in [4.78, 5) is 20.8. The topological polar surface area (TPSA) is 87.1 Å². The number of carboxylic acids is 2. The summed E-state index contributed by atoms with van der Waals surface area (Å²) in [6.45, 7) is 13.7. The minimum absolute atomic E-state index is 0.213. The van der Waals surface area contributed by atoms with Crippen LogP contribution in [0.15, 0.2) is 24.3 Å². The van der Waals surface area contributed by atoms with Gasteiger partial charge in [-0.1, -0.05) is 39.8 Å². The van der Waals surface area contributed by atoms with Gasteiger partial charge in [-0.05, 0) is 74.3 Å². The second-order valence-corrected chi connectivity index (χ2v) is 8.46. The Bertz CT molecular complexity index is 586. The first-order valence-electron chi connectivity index (χ1n) is 10.0. The summed E-state index contributed by atoms with van der Waals surface area (Å²) in [5, 5.41) is 14.8. The largest absolute Gasteiger partial charge is 0.494 e. The van der Waals surface area contributed by atoms with Crippen molar-refractivity contribution >= 4 is 11.9 Å². The number of carboxylic acid groups (broad SMARTS) is 2. The van der Waals surface area contributed by atoms with E-state index in [9.17, 15) is 0 Å². The Morgan fingerprint density at radius 1 is 1.04 bits per heavy atom. The molecule has 0 amide bonds. The van der Waals surface area contributed by atoms with E-state index in [0.717, 1.165) is 24.7 Å². The zero-order chi connectivity index (χ0) is 21.2. The summed E-state index contributed by atoms with van der Waals surface area (Å²) in [5.41, 5.74) is 1.57. The maximum atomic E-state index is 9.10. The molecule has 0 saturated carbocycles. The molecule has 1 fully saturated rings. The number of hydrogen-bond donors (Lipinski definition) is 2. The van der Waals surface area contributed by atoms with Gasteiger partial charge in [-0.25, -0.2) is 9.59 Å². The number of benzene rings is 1. The fraction of sp³-hybridized carbons (Fsp3) is 0.636. The van der Waals surface area contributed by atoms with Crippen molar-refractivity contribution in [2.45, 2.75) is 58.8 Å². The number of piperidine rings is 1. The van der Waals surface area contributed by atoms with Crippen molar-refractivity contribution in [1.82, 2.24) is 4.90 Å². The molecule has 0 spiro atoms. The predicted molar refractivity (Wildman–Crippen MR) is 110 cm³/mol. The lowest BCUT2D eigenvalue weighted by molar-refractivity contribution is -0.159. The van der Waals surface area contributed by atoms with Crippen molar-refractivity contribution in [2.24, 2.45) is 5.92 Å². The van der Waals surface area contributed by atoms with E-state index in [1.54, 1.807) is 0 Å². The summed E-state index contributed by atoms with van der Waals surface area (Å²) in [7, 11) is 0.